The standard InChI is InChI=1S/C28H27N/c1-21-13-18-27(22(2)19-21)28(24-9-5-3-6-10-24)20-23-14-16-26(17-15-23)29-25-11-7-4-8-12-25/h3-16,18-20,26,29H,17H2,1-2H3. The number of para-hydroxylation sites is 1. The molecule has 1 aliphatic carbocycles. The van der Waals surface area contributed by atoms with Crippen LogP contribution in [-0.4, -0.2) is 6.04 Å². The highest BCUT2D eigenvalue weighted by Crippen LogP contribution is 2.29. The van der Waals surface area contributed by atoms with E-state index in [2.05, 4.69) is 116 Å². The first kappa shape index (κ1) is 19.0. The highest BCUT2D eigenvalue weighted by molar-refractivity contribution is 5.83. The summed E-state index contributed by atoms with van der Waals surface area (Å²) in [5, 5.41) is 3.58. The molecule has 1 N–H and O–H groups in total. The number of hydrogen-bond donors (Lipinski definition) is 1. The van der Waals surface area contributed by atoms with Gasteiger partial charge in [0.15, 0.2) is 0 Å². The summed E-state index contributed by atoms with van der Waals surface area (Å²) in [5.74, 6) is 0. The predicted molar refractivity (Wildman–Crippen MR) is 125 cm³/mol. The number of allylic oxidation sites excluding steroid dienone is 3. The minimum atomic E-state index is 0.329. The molecule has 0 amide bonds. The van der Waals surface area contributed by atoms with Gasteiger partial charge in [-0.3, -0.25) is 0 Å². The quantitative estimate of drug-likeness (QED) is 0.500. The SMILES string of the molecule is Cc1ccc(C(=CC2=CCC(Nc3ccccc3)C=C2)c2ccccc2)c(C)c1. The van der Waals surface area contributed by atoms with Crippen LogP contribution in [-0.2, 0) is 0 Å². The molecule has 0 spiro atoms. The third-order valence-corrected chi connectivity index (χ3v) is 5.32. The van der Waals surface area contributed by atoms with E-state index in [9.17, 15) is 0 Å². The third-order valence-electron chi connectivity index (χ3n) is 5.32. The lowest BCUT2D eigenvalue weighted by Crippen LogP contribution is -2.17. The monoisotopic (exact) mass is 377 g/mol. The number of rotatable bonds is 5. The Morgan fingerprint density at radius 2 is 1.62 bits per heavy atom. The fourth-order valence-electron chi connectivity index (χ4n) is 3.82. The molecule has 0 aliphatic heterocycles. The molecule has 3 aromatic rings. The van der Waals surface area contributed by atoms with Crippen molar-refractivity contribution in [3.8, 4) is 0 Å². The van der Waals surface area contributed by atoms with Crippen LogP contribution in [0.2, 0.25) is 0 Å². The van der Waals surface area contributed by atoms with Gasteiger partial charge in [-0.25, -0.2) is 0 Å². The van der Waals surface area contributed by atoms with Crippen molar-refractivity contribution >= 4 is 11.3 Å². The number of benzene rings is 3. The molecule has 0 heterocycles. The van der Waals surface area contributed by atoms with Crippen LogP contribution in [0.4, 0.5) is 5.69 Å². The van der Waals surface area contributed by atoms with Crippen LogP contribution < -0.4 is 5.32 Å². The lowest BCUT2D eigenvalue weighted by Gasteiger charge is -2.19. The molecule has 0 saturated heterocycles. The molecule has 144 valence electrons. The molecule has 1 atom stereocenters. The Bertz CT molecular complexity index is 1060. The van der Waals surface area contributed by atoms with Crippen molar-refractivity contribution in [2.45, 2.75) is 26.3 Å². The first-order valence-electron chi connectivity index (χ1n) is 10.2. The van der Waals surface area contributed by atoms with Gasteiger partial charge in [0.1, 0.15) is 0 Å². The Balaban J connectivity index is 1.61. The maximum absolute atomic E-state index is 3.58. The van der Waals surface area contributed by atoms with Gasteiger partial charge in [-0.05, 0) is 66.3 Å². The molecule has 4 rings (SSSR count). The maximum atomic E-state index is 3.58. The second-order valence-electron chi connectivity index (χ2n) is 7.66. The van der Waals surface area contributed by atoms with Gasteiger partial charge in [-0.1, -0.05) is 90.5 Å². The summed E-state index contributed by atoms with van der Waals surface area (Å²) in [6, 6.07) is 28.1. The van der Waals surface area contributed by atoms with Crippen molar-refractivity contribution < 1.29 is 0 Å². The highest BCUT2D eigenvalue weighted by atomic mass is 14.9. The van der Waals surface area contributed by atoms with Crippen molar-refractivity contribution in [1.29, 1.82) is 0 Å². The summed E-state index contributed by atoms with van der Waals surface area (Å²) < 4.78 is 0. The number of aryl methyl sites for hydroxylation is 2. The van der Waals surface area contributed by atoms with E-state index in [1.165, 1.54) is 33.4 Å². The van der Waals surface area contributed by atoms with E-state index in [-0.39, 0.29) is 0 Å². The largest absolute Gasteiger partial charge is 0.379 e. The average Bonchev–Trinajstić information content (AvgIpc) is 2.75. The van der Waals surface area contributed by atoms with E-state index < -0.39 is 0 Å². The van der Waals surface area contributed by atoms with Crippen LogP contribution >= 0.6 is 0 Å². The molecule has 1 nitrogen and oxygen atoms in total. The highest BCUT2D eigenvalue weighted by Gasteiger charge is 2.11. The lowest BCUT2D eigenvalue weighted by atomic mass is 9.90. The summed E-state index contributed by atoms with van der Waals surface area (Å²) in [6.45, 7) is 4.35. The molecule has 1 aliphatic rings. The van der Waals surface area contributed by atoms with E-state index >= 15 is 0 Å². The third kappa shape index (κ3) is 4.75. The van der Waals surface area contributed by atoms with Gasteiger partial charge in [0.2, 0.25) is 0 Å². The maximum Gasteiger partial charge on any atom is 0.0482 e. The Hall–Kier alpha value is -3.32. The molecule has 3 aromatic carbocycles. The Morgan fingerprint density at radius 1 is 0.897 bits per heavy atom. The predicted octanol–water partition coefficient (Wildman–Crippen LogP) is 7.10. The van der Waals surface area contributed by atoms with Crippen molar-refractivity contribution in [2.75, 3.05) is 5.32 Å². The first-order valence-corrected chi connectivity index (χ1v) is 10.2. The van der Waals surface area contributed by atoms with Crippen LogP contribution in [0.5, 0.6) is 0 Å². The normalized spacial score (nSPS) is 16.4. The van der Waals surface area contributed by atoms with E-state index in [1.54, 1.807) is 0 Å². The van der Waals surface area contributed by atoms with Crippen LogP contribution in [0.3, 0.4) is 0 Å². The zero-order valence-corrected chi connectivity index (χ0v) is 17.1. The van der Waals surface area contributed by atoms with E-state index in [1.807, 2.05) is 6.07 Å². The topological polar surface area (TPSA) is 12.0 Å². The molecule has 0 aromatic heterocycles. The zero-order valence-electron chi connectivity index (χ0n) is 17.1. The zero-order chi connectivity index (χ0) is 20.1. The molecule has 1 unspecified atom stereocenters. The summed E-state index contributed by atoms with van der Waals surface area (Å²) >= 11 is 0. The van der Waals surface area contributed by atoms with Crippen LogP contribution in [0.25, 0.3) is 5.57 Å². The van der Waals surface area contributed by atoms with Gasteiger partial charge in [0.25, 0.3) is 0 Å². The minimum absolute atomic E-state index is 0.329. The molecule has 0 radical (unpaired) electrons. The van der Waals surface area contributed by atoms with Gasteiger partial charge in [0, 0.05) is 11.7 Å². The summed E-state index contributed by atoms with van der Waals surface area (Å²) in [6.07, 6.45) is 10.1. The minimum Gasteiger partial charge on any atom is -0.379 e. The number of anilines is 1. The molecule has 0 fully saturated rings. The van der Waals surface area contributed by atoms with Gasteiger partial charge in [-0.15, -0.1) is 0 Å². The van der Waals surface area contributed by atoms with Gasteiger partial charge >= 0.3 is 0 Å². The number of nitrogens with one attached hydrogen (secondary N) is 1. The van der Waals surface area contributed by atoms with Crippen LogP contribution in [0.15, 0.2) is 109 Å². The van der Waals surface area contributed by atoms with Crippen molar-refractivity contribution in [3.05, 3.63) is 131 Å². The van der Waals surface area contributed by atoms with Crippen LogP contribution in [0.1, 0.15) is 28.7 Å². The Morgan fingerprint density at radius 3 is 2.28 bits per heavy atom. The summed E-state index contributed by atoms with van der Waals surface area (Å²) in [4.78, 5) is 0. The van der Waals surface area contributed by atoms with Gasteiger partial charge in [-0.2, -0.15) is 0 Å². The summed E-state index contributed by atoms with van der Waals surface area (Å²) in [5.41, 5.74) is 8.84. The second kappa shape index (κ2) is 8.79. The molecule has 1 heteroatoms. The van der Waals surface area contributed by atoms with Crippen molar-refractivity contribution in [1.82, 2.24) is 0 Å². The Labute approximate surface area is 174 Å². The Kier molecular flexibility index (Phi) is 5.76. The van der Waals surface area contributed by atoms with Crippen molar-refractivity contribution in [3.63, 3.8) is 0 Å². The van der Waals surface area contributed by atoms with Gasteiger partial charge < -0.3 is 5.32 Å². The number of hydrogen-bond acceptors (Lipinski definition) is 1. The molecular weight excluding hydrogens is 350 g/mol. The lowest BCUT2D eigenvalue weighted by molar-refractivity contribution is 0.878. The van der Waals surface area contributed by atoms with Gasteiger partial charge in [0.05, 0.1) is 0 Å². The van der Waals surface area contributed by atoms with Crippen molar-refractivity contribution in [2.24, 2.45) is 0 Å². The fourth-order valence-corrected chi connectivity index (χ4v) is 3.82. The second-order valence-corrected chi connectivity index (χ2v) is 7.66. The van der Waals surface area contributed by atoms with Crippen LogP contribution in [0, 0.1) is 13.8 Å². The fraction of sp³-hybridized carbons (Fsp3) is 0.143. The van der Waals surface area contributed by atoms with E-state index in [0.717, 1.165) is 12.1 Å². The molecular formula is C28H27N. The molecule has 0 saturated carbocycles. The first-order chi connectivity index (χ1) is 14.2. The molecule has 0 bridgehead atoms. The average molecular weight is 378 g/mol. The smallest absolute Gasteiger partial charge is 0.0482 e. The molecule has 29 heavy (non-hydrogen) atoms. The van der Waals surface area contributed by atoms with E-state index in [4.69, 9.17) is 0 Å². The summed E-state index contributed by atoms with van der Waals surface area (Å²) in [7, 11) is 0. The van der Waals surface area contributed by atoms with E-state index in [0.29, 0.717) is 6.04 Å².